The molecule has 0 aliphatic carbocycles. The summed E-state index contributed by atoms with van der Waals surface area (Å²) >= 11 is 0. The number of aromatic hydroxyl groups is 1. The molecule has 0 fully saturated rings. The summed E-state index contributed by atoms with van der Waals surface area (Å²) in [6, 6.07) is 10.3. The molecular weight excluding hydrogens is 250 g/mol. The smallest absolute Gasteiger partial charge is 0.125 e. The molecule has 3 rings (SSSR count). The lowest BCUT2D eigenvalue weighted by molar-refractivity contribution is 0.363. The number of phenolic OH excluding ortho intramolecular Hbond substituents is 1. The van der Waals surface area contributed by atoms with Gasteiger partial charge < -0.3 is 10.4 Å². The molecule has 0 bridgehead atoms. The summed E-state index contributed by atoms with van der Waals surface area (Å²) in [6.07, 6.45) is 3.37. The van der Waals surface area contributed by atoms with Gasteiger partial charge in [-0.3, -0.25) is 0 Å². The fraction of sp³-hybridized carbons (Fsp3) is 0.438. The Labute approximate surface area is 119 Å². The highest BCUT2D eigenvalue weighted by Crippen LogP contribution is 2.33. The minimum absolute atomic E-state index is 0.285. The molecule has 20 heavy (non-hydrogen) atoms. The van der Waals surface area contributed by atoms with Gasteiger partial charge in [0.15, 0.2) is 0 Å². The highest BCUT2D eigenvalue weighted by atomic mass is 16.3. The number of benzene rings is 1. The molecule has 2 heterocycles. The van der Waals surface area contributed by atoms with Crippen LogP contribution >= 0.6 is 0 Å². The third-order valence-electron chi connectivity index (χ3n) is 4.12. The van der Waals surface area contributed by atoms with Crippen molar-refractivity contribution < 1.29 is 5.11 Å². The standard InChI is InChI=1S/C16H21N3O/c1-3-12-9-13(4-2)19-16(17-12)10-15(18-19)11-5-7-14(20)8-6-11/h5-8,10,12-13,17,20H,3-4,9H2,1-2H3. The van der Waals surface area contributed by atoms with E-state index < -0.39 is 0 Å². The van der Waals surface area contributed by atoms with Crippen LogP contribution in [0.4, 0.5) is 5.82 Å². The quantitative estimate of drug-likeness (QED) is 0.892. The molecule has 4 heteroatoms. The Morgan fingerprint density at radius 1 is 1.25 bits per heavy atom. The maximum atomic E-state index is 9.37. The molecule has 0 spiro atoms. The van der Waals surface area contributed by atoms with Crippen molar-refractivity contribution in [2.75, 3.05) is 5.32 Å². The van der Waals surface area contributed by atoms with E-state index in [-0.39, 0.29) is 5.75 Å². The van der Waals surface area contributed by atoms with Gasteiger partial charge in [0.1, 0.15) is 11.6 Å². The lowest BCUT2D eigenvalue weighted by atomic mass is 10.0. The van der Waals surface area contributed by atoms with Crippen LogP contribution in [0.5, 0.6) is 5.75 Å². The second kappa shape index (κ2) is 5.19. The van der Waals surface area contributed by atoms with Crippen LogP contribution in [0.3, 0.4) is 0 Å². The molecule has 4 nitrogen and oxygen atoms in total. The van der Waals surface area contributed by atoms with Gasteiger partial charge in [0.25, 0.3) is 0 Å². The Balaban J connectivity index is 1.97. The Kier molecular flexibility index (Phi) is 3.38. The van der Waals surface area contributed by atoms with Gasteiger partial charge in [0.05, 0.1) is 11.7 Å². The van der Waals surface area contributed by atoms with Gasteiger partial charge in [0, 0.05) is 17.7 Å². The first kappa shape index (κ1) is 13.0. The van der Waals surface area contributed by atoms with E-state index in [1.807, 2.05) is 12.1 Å². The molecule has 1 aromatic heterocycles. The van der Waals surface area contributed by atoms with E-state index in [1.165, 1.54) is 0 Å². The molecule has 1 aromatic carbocycles. The molecule has 106 valence electrons. The highest BCUT2D eigenvalue weighted by Gasteiger charge is 2.25. The van der Waals surface area contributed by atoms with Crippen molar-refractivity contribution in [1.82, 2.24) is 9.78 Å². The second-order valence-corrected chi connectivity index (χ2v) is 5.45. The van der Waals surface area contributed by atoms with E-state index in [0.29, 0.717) is 12.1 Å². The zero-order valence-corrected chi connectivity index (χ0v) is 12.0. The minimum atomic E-state index is 0.285. The largest absolute Gasteiger partial charge is 0.508 e. The Hall–Kier alpha value is -1.97. The van der Waals surface area contributed by atoms with Gasteiger partial charge in [-0.15, -0.1) is 0 Å². The van der Waals surface area contributed by atoms with Crippen LogP contribution in [0.2, 0.25) is 0 Å². The molecule has 1 aliphatic heterocycles. The van der Waals surface area contributed by atoms with Crippen molar-refractivity contribution in [3.8, 4) is 17.0 Å². The molecule has 2 N–H and O–H groups in total. The number of aromatic nitrogens is 2. The topological polar surface area (TPSA) is 50.1 Å². The molecule has 0 radical (unpaired) electrons. The van der Waals surface area contributed by atoms with Gasteiger partial charge in [-0.25, -0.2) is 4.68 Å². The predicted molar refractivity (Wildman–Crippen MR) is 81.0 cm³/mol. The van der Waals surface area contributed by atoms with E-state index in [2.05, 4.69) is 29.9 Å². The SMILES string of the molecule is CCC1CC(CC)n2nc(-c3ccc(O)cc3)cc2N1. The van der Waals surface area contributed by atoms with Crippen molar-refractivity contribution in [2.24, 2.45) is 0 Å². The van der Waals surface area contributed by atoms with Gasteiger partial charge in [0.2, 0.25) is 0 Å². The zero-order chi connectivity index (χ0) is 14.1. The van der Waals surface area contributed by atoms with E-state index in [1.54, 1.807) is 12.1 Å². The van der Waals surface area contributed by atoms with E-state index in [4.69, 9.17) is 5.10 Å². The lowest BCUT2D eigenvalue weighted by Gasteiger charge is -2.31. The fourth-order valence-electron chi connectivity index (χ4n) is 2.86. The number of anilines is 1. The summed E-state index contributed by atoms with van der Waals surface area (Å²) in [5.74, 6) is 1.39. The van der Waals surface area contributed by atoms with Gasteiger partial charge in [-0.05, 0) is 43.5 Å². The average molecular weight is 271 g/mol. The first-order valence-corrected chi connectivity index (χ1v) is 7.36. The van der Waals surface area contributed by atoms with Gasteiger partial charge in [-0.2, -0.15) is 5.10 Å². The van der Waals surface area contributed by atoms with Crippen LogP contribution in [-0.2, 0) is 0 Å². The predicted octanol–water partition coefficient (Wildman–Crippen LogP) is 3.80. The number of hydrogen-bond acceptors (Lipinski definition) is 3. The van der Waals surface area contributed by atoms with Crippen molar-refractivity contribution >= 4 is 5.82 Å². The van der Waals surface area contributed by atoms with Crippen molar-refractivity contribution in [1.29, 1.82) is 0 Å². The second-order valence-electron chi connectivity index (χ2n) is 5.45. The van der Waals surface area contributed by atoms with E-state index in [9.17, 15) is 5.11 Å². The molecule has 0 saturated heterocycles. The van der Waals surface area contributed by atoms with Gasteiger partial charge in [-0.1, -0.05) is 13.8 Å². The Morgan fingerprint density at radius 2 is 2.00 bits per heavy atom. The zero-order valence-electron chi connectivity index (χ0n) is 12.0. The maximum absolute atomic E-state index is 9.37. The normalized spacial score (nSPS) is 21.3. The first-order chi connectivity index (χ1) is 9.71. The first-order valence-electron chi connectivity index (χ1n) is 7.36. The summed E-state index contributed by atoms with van der Waals surface area (Å²) in [7, 11) is 0. The lowest BCUT2D eigenvalue weighted by Crippen LogP contribution is -2.31. The molecule has 2 unspecified atom stereocenters. The van der Waals surface area contributed by atoms with Crippen LogP contribution in [0.1, 0.15) is 39.2 Å². The molecule has 2 atom stereocenters. The number of rotatable bonds is 3. The Morgan fingerprint density at radius 3 is 2.65 bits per heavy atom. The number of hydrogen-bond donors (Lipinski definition) is 2. The van der Waals surface area contributed by atoms with Crippen molar-refractivity contribution in [3.05, 3.63) is 30.3 Å². The number of phenols is 1. The molecular formula is C16H21N3O. The van der Waals surface area contributed by atoms with Crippen LogP contribution in [0.15, 0.2) is 30.3 Å². The number of nitrogens with zero attached hydrogens (tertiary/aromatic N) is 2. The molecule has 0 saturated carbocycles. The van der Waals surface area contributed by atoms with Crippen LogP contribution < -0.4 is 5.32 Å². The molecule has 0 amide bonds. The summed E-state index contributed by atoms with van der Waals surface area (Å²) < 4.78 is 2.12. The third kappa shape index (κ3) is 2.26. The summed E-state index contributed by atoms with van der Waals surface area (Å²) in [4.78, 5) is 0. The fourth-order valence-corrected chi connectivity index (χ4v) is 2.86. The van der Waals surface area contributed by atoms with Crippen molar-refractivity contribution in [3.63, 3.8) is 0 Å². The summed E-state index contributed by atoms with van der Waals surface area (Å²) in [5, 5.41) is 17.7. The number of fused-ring (bicyclic) bond motifs is 1. The summed E-state index contributed by atoms with van der Waals surface area (Å²) in [6.45, 7) is 4.44. The Bertz CT molecular complexity index is 588. The maximum Gasteiger partial charge on any atom is 0.125 e. The van der Waals surface area contributed by atoms with Gasteiger partial charge >= 0.3 is 0 Å². The van der Waals surface area contributed by atoms with E-state index in [0.717, 1.165) is 36.3 Å². The monoisotopic (exact) mass is 271 g/mol. The minimum Gasteiger partial charge on any atom is -0.508 e. The van der Waals surface area contributed by atoms with Crippen LogP contribution in [0.25, 0.3) is 11.3 Å². The average Bonchev–Trinajstić information content (AvgIpc) is 2.90. The summed E-state index contributed by atoms with van der Waals surface area (Å²) in [5.41, 5.74) is 2.00. The third-order valence-corrected chi connectivity index (χ3v) is 4.12. The number of nitrogens with one attached hydrogen (secondary N) is 1. The van der Waals surface area contributed by atoms with Crippen LogP contribution in [0, 0.1) is 0 Å². The van der Waals surface area contributed by atoms with Crippen molar-refractivity contribution in [2.45, 2.75) is 45.2 Å². The molecule has 1 aliphatic rings. The highest BCUT2D eigenvalue weighted by molar-refractivity contribution is 5.64. The van der Waals surface area contributed by atoms with Crippen LogP contribution in [-0.4, -0.2) is 20.9 Å². The molecule has 2 aromatic rings. The van der Waals surface area contributed by atoms with E-state index >= 15 is 0 Å².